The Hall–Kier alpha value is -2.11. The van der Waals surface area contributed by atoms with E-state index in [1.165, 1.54) is 19.9 Å². The molecule has 0 saturated carbocycles. The minimum atomic E-state index is -1.47. The van der Waals surface area contributed by atoms with Crippen molar-refractivity contribution in [2.45, 2.75) is 44.9 Å². The predicted octanol–water partition coefficient (Wildman–Crippen LogP) is 2.17. The number of rotatable bonds is 0. The number of ether oxygens (including phenoxy) is 2. The highest BCUT2D eigenvalue weighted by Gasteiger charge is 2.64. The van der Waals surface area contributed by atoms with Gasteiger partial charge in [-0.15, -0.1) is 0 Å². The minimum absolute atomic E-state index is 0.0100. The smallest absolute Gasteiger partial charge is 0.329 e. The quantitative estimate of drug-likeness (QED) is 0.542. The number of hydrogen-bond donors (Lipinski definition) is 0. The van der Waals surface area contributed by atoms with E-state index in [9.17, 15) is 14.0 Å². The number of cyclic esters (lactones) is 2. The molecule has 0 aromatic heterocycles. The Bertz CT molecular complexity index is 695. The first-order chi connectivity index (χ1) is 10.8. The van der Waals surface area contributed by atoms with Gasteiger partial charge in [-0.25, -0.2) is 4.39 Å². The van der Waals surface area contributed by atoms with E-state index >= 15 is 0 Å². The molecule has 0 amide bonds. The molecule has 5 nitrogen and oxygen atoms in total. The van der Waals surface area contributed by atoms with E-state index in [0.29, 0.717) is 18.5 Å². The summed E-state index contributed by atoms with van der Waals surface area (Å²) in [5.41, 5.74) is -0.316. The maximum atomic E-state index is 14.3. The van der Waals surface area contributed by atoms with Gasteiger partial charge in [-0.05, 0) is 25.0 Å². The molecule has 1 spiro atoms. The zero-order valence-corrected chi connectivity index (χ0v) is 13.1. The summed E-state index contributed by atoms with van der Waals surface area (Å²) in [7, 11) is 0. The van der Waals surface area contributed by atoms with Crippen molar-refractivity contribution in [2.24, 2.45) is 5.41 Å². The van der Waals surface area contributed by atoms with Gasteiger partial charge in [0.15, 0.2) is 5.41 Å². The second-order valence-electron chi connectivity index (χ2n) is 6.92. The van der Waals surface area contributed by atoms with Gasteiger partial charge >= 0.3 is 11.9 Å². The summed E-state index contributed by atoms with van der Waals surface area (Å²) >= 11 is 0. The normalized spacial score (nSPS) is 27.3. The fourth-order valence-corrected chi connectivity index (χ4v) is 4.10. The van der Waals surface area contributed by atoms with Crippen LogP contribution in [0.5, 0.6) is 0 Å². The summed E-state index contributed by atoms with van der Waals surface area (Å²) in [5.74, 6) is -2.90. The molecule has 0 N–H and O–H groups in total. The Morgan fingerprint density at radius 1 is 1.22 bits per heavy atom. The standard InChI is InChI=1S/C17H18FNO4/c1-16(2)22-14(20)17(15(21)23-16)9-10-11(18)5-3-6-12(10)19-8-4-7-13(17)19/h3,5-6,13H,4,7-9H2,1-2H3/t13-/m0/s1. The lowest BCUT2D eigenvalue weighted by Crippen LogP contribution is -2.64. The van der Waals surface area contributed by atoms with Crippen molar-refractivity contribution in [3.63, 3.8) is 0 Å². The molecule has 2 saturated heterocycles. The van der Waals surface area contributed by atoms with Crippen LogP contribution in [0.1, 0.15) is 32.3 Å². The van der Waals surface area contributed by atoms with Gasteiger partial charge in [-0.3, -0.25) is 9.59 Å². The number of nitrogens with zero attached hydrogens (tertiary/aromatic N) is 1. The van der Waals surface area contributed by atoms with Crippen LogP contribution in [0, 0.1) is 11.2 Å². The summed E-state index contributed by atoms with van der Waals surface area (Å²) < 4.78 is 25.1. The highest BCUT2D eigenvalue weighted by Crippen LogP contribution is 2.50. The second kappa shape index (κ2) is 4.46. The van der Waals surface area contributed by atoms with Gasteiger partial charge < -0.3 is 14.4 Å². The van der Waals surface area contributed by atoms with Crippen LogP contribution >= 0.6 is 0 Å². The summed E-state index contributed by atoms with van der Waals surface area (Å²) in [5, 5.41) is 0. The highest BCUT2D eigenvalue weighted by atomic mass is 19.1. The first-order valence-electron chi connectivity index (χ1n) is 7.86. The third-order valence-corrected chi connectivity index (χ3v) is 5.09. The van der Waals surface area contributed by atoms with Gasteiger partial charge in [0.2, 0.25) is 0 Å². The van der Waals surface area contributed by atoms with Gasteiger partial charge in [0.25, 0.3) is 5.79 Å². The number of carbonyl (C=O) groups excluding carboxylic acids is 2. The largest absolute Gasteiger partial charge is 0.422 e. The fraction of sp³-hybridized carbons (Fsp3) is 0.529. The molecule has 3 heterocycles. The Balaban J connectivity index is 1.88. The second-order valence-corrected chi connectivity index (χ2v) is 6.92. The van der Waals surface area contributed by atoms with Crippen LogP contribution in [0.15, 0.2) is 18.2 Å². The zero-order chi connectivity index (χ0) is 16.4. The number of esters is 2. The van der Waals surface area contributed by atoms with Crippen molar-refractivity contribution in [2.75, 3.05) is 11.4 Å². The molecule has 0 aliphatic carbocycles. The lowest BCUT2D eigenvalue weighted by molar-refractivity contribution is -0.252. The summed E-state index contributed by atoms with van der Waals surface area (Å²) in [6.07, 6.45) is 1.51. The number of anilines is 1. The average Bonchev–Trinajstić information content (AvgIpc) is 2.94. The van der Waals surface area contributed by atoms with E-state index in [1.54, 1.807) is 6.07 Å². The molecule has 0 radical (unpaired) electrons. The number of hydrogen-bond acceptors (Lipinski definition) is 5. The Labute approximate surface area is 133 Å². The van der Waals surface area contributed by atoms with E-state index in [1.807, 2.05) is 11.0 Å². The van der Waals surface area contributed by atoms with Crippen LogP contribution in [0.3, 0.4) is 0 Å². The summed E-state index contributed by atoms with van der Waals surface area (Å²) in [4.78, 5) is 27.5. The fourth-order valence-electron chi connectivity index (χ4n) is 4.10. The van der Waals surface area contributed by atoms with E-state index in [4.69, 9.17) is 9.47 Å². The number of carbonyl (C=O) groups is 2. The van der Waals surface area contributed by atoms with Crippen molar-refractivity contribution < 1.29 is 23.5 Å². The maximum Gasteiger partial charge on any atom is 0.329 e. The lowest BCUT2D eigenvalue weighted by Gasteiger charge is -2.49. The molecular weight excluding hydrogens is 301 g/mol. The van der Waals surface area contributed by atoms with E-state index in [-0.39, 0.29) is 12.5 Å². The van der Waals surface area contributed by atoms with Gasteiger partial charge in [0, 0.05) is 38.1 Å². The minimum Gasteiger partial charge on any atom is -0.422 e. The topological polar surface area (TPSA) is 55.8 Å². The maximum absolute atomic E-state index is 14.3. The summed E-state index contributed by atoms with van der Waals surface area (Å²) in [6.45, 7) is 3.74. The van der Waals surface area contributed by atoms with Crippen LogP contribution in [-0.4, -0.2) is 30.3 Å². The van der Waals surface area contributed by atoms with Crippen LogP contribution in [0.2, 0.25) is 0 Å². The van der Waals surface area contributed by atoms with Gasteiger partial charge in [0.05, 0.1) is 6.04 Å². The molecule has 4 rings (SSSR count). The zero-order valence-electron chi connectivity index (χ0n) is 13.1. The van der Waals surface area contributed by atoms with Crippen LogP contribution in [-0.2, 0) is 25.5 Å². The SMILES string of the molecule is CC1(C)OC(=O)C2(Cc3c(F)cccc3N3CCC[C@H]32)C(=O)O1. The van der Waals surface area contributed by atoms with Crippen molar-refractivity contribution in [1.29, 1.82) is 0 Å². The molecule has 0 bridgehead atoms. The number of fused-ring (bicyclic) bond motifs is 4. The van der Waals surface area contributed by atoms with Crippen molar-refractivity contribution in [1.82, 2.24) is 0 Å². The molecule has 2 fully saturated rings. The Kier molecular flexibility index (Phi) is 2.81. The van der Waals surface area contributed by atoms with E-state index < -0.39 is 29.0 Å². The molecule has 122 valence electrons. The molecule has 6 heteroatoms. The first kappa shape index (κ1) is 14.5. The average molecular weight is 319 g/mol. The van der Waals surface area contributed by atoms with Crippen LogP contribution in [0.25, 0.3) is 0 Å². The molecule has 1 atom stereocenters. The van der Waals surface area contributed by atoms with Crippen LogP contribution in [0.4, 0.5) is 10.1 Å². The monoisotopic (exact) mass is 319 g/mol. The molecule has 0 unspecified atom stereocenters. The Morgan fingerprint density at radius 3 is 2.61 bits per heavy atom. The lowest BCUT2D eigenvalue weighted by atomic mass is 9.70. The first-order valence-corrected chi connectivity index (χ1v) is 7.86. The number of halogens is 1. The Morgan fingerprint density at radius 2 is 1.91 bits per heavy atom. The molecule has 3 aliphatic rings. The van der Waals surface area contributed by atoms with Crippen molar-refractivity contribution in [3.8, 4) is 0 Å². The van der Waals surface area contributed by atoms with Crippen molar-refractivity contribution >= 4 is 17.6 Å². The third-order valence-electron chi connectivity index (χ3n) is 5.09. The molecule has 1 aromatic carbocycles. The van der Waals surface area contributed by atoms with Crippen molar-refractivity contribution in [3.05, 3.63) is 29.6 Å². The highest BCUT2D eigenvalue weighted by molar-refractivity contribution is 6.04. The summed E-state index contributed by atoms with van der Waals surface area (Å²) in [6, 6.07) is 4.51. The number of benzene rings is 1. The van der Waals surface area contributed by atoms with E-state index in [2.05, 4.69) is 0 Å². The van der Waals surface area contributed by atoms with Gasteiger partial charge in [-0.1, -0.05) is 6.07 Å². The molecule has 3 aliphatic heterocycles. The van der Waals surface area contributed by atoms with Gasteiger partial charge in [-0.2, -0.15) is 0 Å². The molecular formula is C17H18FNO4. The third kappa shape index (κ3) is 1.84. The molecule has 1 aromatic rings. The predicted molar refractivity (Wildman–Crippen MR) is 79.2 cm³/mol. The van der Waals surface area contributed by atoms with Gasteiger partial charge in [0.1, 0.15) is 5.82 Å². The van der Waals surface area contributed by atoms with E-state index in [0.717, 1.165) is 12.1 Å². The molecule has 23 heavy (non-hydrogen) atoms. The van der Waals surface area contributed by atoms with Crippen LogP contribution < -0.4 is 4.90 Å².